The van der Waals surface area contributed by atoms with Gasteiger partial charge in [-0.1, -0.05) is 42.5 Å². The Labute approximate surface area is 192 Å². The molecule has 0 aliphatic carbocycles. The third-order valence-electron chi connectivity index (χ3n) is 5.51. The van der Waals surface area contributed by atoms with E-state index in [9.17, 15) is 5.11 Å². The van der Waals surface area contributed by atoms with E-state index in [0.29, 0.717) is 6.61 Å². The second-order valence-corrected chi connectivity index (χ2v) is 7.75. The first-order valence-corrected chi connectivity index (χ1v) is 10.3. The fraction of sp³-hybridized carbons (Fsp3) is 0.478. The van der Waals surface area contributed by atoms with Crippen molar-refractivity contribution in [2.75, 3.05) is 46.4 Å². The monoisotopic (exact) mass is 456 g/mol. The Kier molecular flexibility index (Phi) is 12.3. The Morgan fingerprint density at radius 3 is 2.23 bits per heavy atom. The lowest BCUT2D eigenvalue weighted by Gasteiger charge is -2.31. The van der Waals surface area contributed by atoms with Crippen LogP contribution in [0.25, 0.3) is 0 Å². The van der Waals surface area contributed by atoms with Crippen LogP contribution in [0.3, 0.4) is 0 Å². The SMILES string of the molecule is COc1ccccc1[NH+]1CC[NH+](CC(O)COC(C)Cc2ccccc2)CC1.[Cl-].[Cl-]. The summed E-state index contributed by atoms with van der Waals surface area (Å²) in [5, 5.41) is 10.4. The summed E-state index contributed by atoms with van der Waals surface area (Å²) < 4.78 is 11.4. The van der Waals surface area contributed by atoms with Crippen LogP contribution in [0.2, 0.25) is 0 Å². The van der Waals surface area contributed by atoms with E-state index in [1.54, 1.807) is 7.11 Å². The molecule has 0 saturated carbocycles. The summed E-state index contributed by atoms with van der Waals surface area (Å²) in [6.45, 7) is 7.41. The molecule has 1 aliphatic rings. The molecular weight excluding hydrogens is 423 g/mol. The van der Waals surface area contributed by atoms with Crippen molar-refractivity contribution in [1.82, 2.24) is 0 Å². The Morgan fingerprint density at radius 2 is 1.57 bits per heavy atom. The molecule has 1 saturated heterocycles. The van der Waals surface area contributed by atoms with Gasteiger partial charge in [0.2, 0.25) is 0 Å². The van der Waals surface area contributed by atoms with Gasteiger partial charge in [0.1, 0.15) is 38.8 Å². The van der Waals surface area contributed by atoms with Crippen LogP contribution in [0.4, 0.5) is 5.69 Å². The molecule has 1 aliphatic heterocycles. The molecule has 2 aromatic rings. The molecule has 3 N–H and O–H groups in total. The number of rotatable bonds is 9. The highest BCUT2D eigenvalue weighted by molar-refractivity contribution is 5.45. The summed E-state index contributed by atoms with van der Waals surface area (Å²) in [6.07, 6.45) is 0.571. The van der Waals surface area contributed by atoms with Crippen LogP contribution < -0.4 is 39.4 Å². The average Bonchev–Trinajstić information content (AvgIpc) is 2.73. The van der Waals surface area contributed by atoms with Gasteiger partial charge in [0.15, 0.2) is 11.4 Å². The van der Waals surface area contributed by atoms with E-state index >= 15 is 0 Å². The summed E-state index contributed by atoms with van der Waals surface area (Å²) >= 11 is 0. The number of halogens is 2. The lowest BCUT2D eigenvalue weighted by atomic mass is 10.1. The van der Waals surface area contributed by atoms with Crippen molar-refractivity contribution in [3.63, 3.8) is 0 Å². The maximum absolute atomic E-state index is 10.4. The zero-order valence-electron chi connectivity index (χ0n) is 17.8. The number of aliphatic hydroxyl groups is 1. The fourth-order valence-corrected chi connectivity index (χ4v) is 3.99. The zero-order valence-corrected chi connectivity index (χ0v) is 19.3. The first-order valence-electron chi connectivity index (χ1n) is 10.3. The maximum atomic E-state index is 10.4. The number of aliphatic hydroxyl groups excluding tert-OH is 1. The normalized spacial score (nSPS) is 20.4. The van der Waals surface area contributed by atoms with Gasteiger partial charge in [-0.3, -0.25) is 4.90 Å². The third kappa shape index (κ3) is 8.06. The second-order valence-electron chi connectivity index (χ2n) is 7.75. The molecule has 2 unspecified atom stereocenters. The van der Waals surface area contributed by atoms with Crippen molar-refractivity contribution < 1.29 is 49.2 Å². The van der Waals surface area contributed by atoms with Crippen LogP contribution in [0.5, 0.6) is 5.75 Å². The summed E-state index contributed by atoms with van der Waals surface area (Å²) in [7, 11) is 1.73. The van der Waals surface area contributed by atoms with E-state index in [1.807, 2.05) is 30.3 Å². The molecule has 7 heteroatoms. The molecule has 2 atom stereocenters. The minimum absolute atomic E-state index is 0. The number of piperazine rings is 1. The van der Waals surface area contributed by atoms with Gasteiger partial charge in [-0.25, -0.2) is 0 Å². The van der Waals surface area contributed by atoms with E-state index in [1.165, 1.54) is 21.1 Å². The summed E-state index contributed by atoms with van der Waals surface area (Å²) in [6, 6.07) is 18.6. The second kappa shape index (κ2) is 13.9. The molecule has 168 valence electrons. The summed E-state index contributed by atoms with van der Waals surface area (Å²) in [5.74, 6) is 0.960. The largest absolute Gasteiger partial charge is 1.00 e. The van der Waals surface area contributed by atoms with Crippen molar-refractivity contribution >= 4 is 5.69 Å². The number of quaternary nitrogens is 2. The highest BCUT2D eigenvalue weighted by Gasteiger charge is 2.28. The molecule has 2 aromatic carbocycles. The van der Waals surface area contributed by atoms with Gasteiger partial charge in [0, 0.05) is 6.07 Å². The molecule has 3 rings (SSSR count). The van der Waals surface area contributed by atoms with Crippen molar-refractivity contribution in [2.45, 2.75) is 25.6 Å². The van der Waals surface area contributed by atoms with E-state index in [0.717, 1.165) is 44.9 Å². The molecule has 1 fully saturated rings. The highest BCUT2D eigenvalue weighted by Crippen LogP contribution is 2.18. The van der Waals surface area contributed by atoms with Crippen molar-refractivity contribution in [1.29, 1.82) is 0 Å². The Hall–Kier alpha value is -1.34. The minimum Gasteiger partial charge on any atom is -1.00 e. The number of para-hydroxylation sites is 2. The standard InChI is InChI=1S/C23H32N2O3.2ClH/c1-19(16-20-8-4-3-5-9-20)28-18-21(26)17-24-12-14-25(15-13-24)22-10-6-7-11-23(22)27-2;;/h3-11,19,21,26H,12-18H2,1-2H3;2*1H. The predicted molar refractivity (Wildman–Crippen MR) is 110 cm³/mol. The quantitative estimate of drug-likeness (QED) is 0.352. The van der Waals surface area contributed by atoms with Crippen LogP contribution in [-0.4, -0.2) is 63.8 Å². The molecule has 0 radical (unpaired) electrons. The lowest BCUT2D eigenvalue weighted by Crippen LogP contribution is -3.26. The first-order chi connectivity index (χ1) is 13.7. The van der Waals surface area contributed by atoms with Gasteiger partial charge >= 0.3 is 0 Å². The smallest absolute Gasteiger partial charge is 0.179 e. The predicted octanol–water partition coefficient (Wildman–Crippen LogP) is -5.87. The summed E-state index contributed by atoms with van der Waals surface area (Å²) in [4.78, 5) is 2.91. The number of methoxy groups -OCH3 is 1. The van der Waals surface area contributed by atoms with Crippen LogP contribution in [0.1, 0.15) is 12.5 Å². The van der Waals surface area contributed by atoms with Gasteiger partial charge in [0.25, 0.3) is 0 Å². The zero-order chi connectivity index (χ0) is 19.8. The molecule has 0 aromatic heterocycles. The Bertz CT molecular complexity index is 713. The molecular formula is C23H34Cl2N2O3. The average molecular weight is 457 g/mol. The van der Waals surface area contributed by atoms with E-state index in [2.05, 4.69) is 31.2 Å². The molecule has 0 spiro atoms. The number of nitrogens with one attached hydrogen (secondary N) is 2. The summed E-state index contributed by atoms with van der Waals surface area (Å²) in [5.41, 5.74) is 2.51. The number of hydrogen-bond donors (Lipinski definition) is 3. The minimum atomic E-state index is -0.416. The third-order valence-corrected chi connectivity index (χ3v) is 5.51. The van der Waals surface area contributed by atoms with Crippen molar-refractivity contribution in [3.05, 3.63) is 60.2 Å². The van der Waals surface area contributed by atoms with Gasteiger partial charge in [0.05, 0.1) is 19.8 Å². The number of benzene rings is 2. The van der Waals surface area contributed by atoms with Crippen LogP contribution in [-0.2, 0) is 11.2 Å². The van der Waals surface area contributed by atoms with E-state index in [4.69, 9.17) is 9.47 Å². The Balaban J connectivity index is 0.00000225. The fourth-order valence-electron chi connectivity index (χ4n) is 3.99. The van der Waals surface area contributed by atoms with Crippen LogP contribution in [0.15, 0.2) is 54.6 Å². The molecule has 30 heavy (non-hydrogen) atoms. The topological polar surface area (TPSA) is 47.6 Å². The van der Waals surface area contributed by atoms with Gasteiger partial charge < -0.3 is 44.3 Å². The van der Waals surface area contributed by atoms with Crippen LogP contribution >= 0.6 is 0 Å². The van der Waals surface area contributed by atoms with Crippen LogP contribution in [0, 0.1) is 0 Å². The van der Waals surface area contributed by atoms with Gasteiger partial charge in [-0.05, 0) is 25.0 Å². The first kappa shape index (κ1) is 26.7. The molecule has 0 bridgehead atoms. The van der Waals surface area contributed by atoms with Gasteiger partial charge in [-0.15, -0.1) is 0 Å². The van der Waals surface area contributed by atoms with E-state index in [-0.39, 0.29) is 30.9 Å². The number of ether oxygens (including phenoxy) is 2. The van der Waals surface area contributed by atoms with Crippen molar-refractivity contribution in [2.24, 2.45) is 0 Å². The molecule has 1 heterocycles. The lowest BCUT2D eigenvalue weighted by molar-refractivity contribution is -0.988. The Morgan fingerprint density at radius 1 is 0.933 bits per heavy atom. The van der Waals surface area contributed by atoms with Crippen molar-refractivity contribution in [3.8, 4) is 5.75 Å². The maximum Gasteiger partial charge on any atom is 0.179 e. The molecule has 5 nitrogen and oxygen atoms in total. The highest BCUT2D eigenvalue weighted by atomic mass is 35.5. The molecule has 0 amide bonds. The van der Waals surface area contributed by atoms with Gasteiger partial charge in [-0.2, -0.15) is 0 Å². The van der Waals surface area contributed by atoms with E-state index < -0.39 is 6.10 Å². The number of hydrogen-bond acceptors (Lipinski definition) is 3.